The second kappa shape index (κ2) is 3.72. The van der Waals surface area contributed by atoms with Crippen LogP contribution in [0, 0.1) is 0 Å². The van der Waals surface area contributed by atoms with Crippen molar-refractivity contribution in [2.75, 3.05) is 0 Å². The molecular formula is C13H15FO3. The fraction of sp³-hybridized carbons (Fsp3) is 0.462. The van der Waals surface area contributed by atoms with Gasteiger partial charge >= 0.3 is 5.97 Å². The largest absolute Gasteiger partial charge is 0.508 e. The van der Waals surface area contributed by atoms with Crippen molar-refractivity contribution in [1.29, 1.82) is 0 Å². The van der Waals surface area contributed by atoms with Crippen LogP contribution in [-0.4, -0.2) is 21.9 Å². The molecule has 17 heavy (non-hydrogen) atoms. The number of halogens is 1. The fourth-order valence-corrected chi connectivity index (χ4v) is 2.64. The Kier molecular flexibility index (Phi) is 2.60. The van der Waals surface area contributed by atoms with Gasteiger partial charge in [0.25, 0.3) is 0 Å². The van der Waals surface area contributed by atoms with Crippen molar-refractivity contribution in [2.24, 2.45) is 0 Å². The van der Waals surface area contributed by atoms with Gasteiger partial charge in [-0.1, -0.05) is 12.1 Å². The van der Waals surface area contributed by atoms with Gasteiger partial charge in [0.1, 0.15) is 11.4 Å². The third kappa shape index (κ3) is 1.99. The number of phenolic OH excluding ortho intramolecular Hbond substituents is 1. The monoisotopic (exact) mass is 238 g/mol. The third-order valence-electron chi connectivity index (χ3n) is 3.55. The van der Waals surface area contributed by atoms with E-state index in [2.05, 4.69) is 0 Å². The number of hydrogen-bond donors (Lipinski definition) is 2. The molecular weight excluding hydrogens is 223 g/mol. The maximum Gasteiger partial charge on any atom is 0.314 e. The van der Waals surface area contributed by atoms with Gasteiger partial charge < -0.3 is 10.2 Å². The van der Waals surface area contributed by atoms with Gasteiger partial charge in [-0.15, -0.1) is 0 Å². The van der Waals surface area contributed by atoms with Gasteiger partial charge in [-0.25, -0.2) is 4.39 Å². The number of benzene rings is 1. The zero-order chi connectivity index (χ0) is 12.7. The molecule has 0 amide bonds. The Hall–Kier alpha value is -1.58. The van der Waals surface area contributed by atoms with Crippen LogP contribution >= 0.6 is 0 Å². The van der Waals surface area contributed by atoms with Crippen molar-refractivity contribution in [3.8, 4) is 5.75 Å². The zero-order valence-corrected chi connectivity index (χ0v) is 9.61. The maximum atomic E-state index is 13.9. The van der Waals surface area contributed by atoms with Crippen LogP contribution in [0.2, 0.25) is 0 Å². The quantitative estimate of drug-likeness (QED) is 0.832. The van der Waals surface area contributed by atoms with Crippen LogP contribution in [0.5, 0.6) is 5.75 Å². The van der Waals surface area contributed by atoms with Gasteiger partial charge in [0, 0.05) is 6.42 Å². The van der Waals surface area contributed by atoms with Gasteiger partial charge in [0.05, 0.1) is 5.41 Å². The van der Waals surface area contributed by atoms with E-state index >= 15 is 0 Å². The lowest BCUT2D eigenvalue weighted by Gasteiger charge is -2.25. The van der Waals surface area contributed by atoms with E-state index in [1.807, 2.05) is 0 Å². The van der Waals surface area contributed by atoms with E-state index in [0.717, 1.165) is 0 Å². The SMILES string of the molecule is CC1(F)CCC(C(=O)O)(c2cccc(O)c2)C1. The topological polar surface area (TPSA) is 57.5 Å². The minimum Gasteiger partial charge on any atom is -0.508 e. The lowest BCUT2D eigenvalue weighted by atomic mass is 9.78. The van der Waals surface area contributed by atoms with Crippen molar-refractivity contribution >= 4 is 5.97 Å². The van der Waals surface area contributed by atoms with E-state index in [-0.39, 0.29) is 25.0 Å². The molecule has 1 aliphatic rings. The Bertz CT molecular complexity index is 456. The molecule has 0 saturated heterocycles. The molecule has 2 rings (SSSR count). The van der Waals surface area contributed by atoms with Crippen molar-refractivity contribution in [3.05, 3.63) is 29.8 Å². The smallest absolute Gasteiger partial charge is 0.314 e. The third-order valence-corrected chi connectivity index (χ3v) is 3.55. The summed E-state index contributed by atoms with van der Waals surface area (Å²) in [6.07, 6.45) is 0.451. The summed E-state index contributed by atoms with van der Waals surface area (Å²) in [6, 6.07) is 6.11. The van der Waals surface area contributed by atoms with E-state index in [1.165, 1.54) is 19.1 Å². The molecule has 1 aromatic rings. The number of alkyl halides is 1. The molecule has 1 aliphatic carbocycles. The van der Waals surface area contributed by atoms with E-state index < -0.39 is 17.1 Å². The number of aromatic hydroxyl groups is 1. The molecule has 0 aromatic heterocycles. The summed E-state index contributed by atoms with van der Waals surface area (Å²) in [7, 11) is 0. The minimum absolute atomic E-state index is 0.00980. The van der Waals surface area contributed by atoms with Gasteiger partial charge in [-0.3, -0.25) is 4.79 Å². The van der Waals surface area contributed by atoms with Crippen LogP contribution in [0.3, 0.4) is 0 Å². The average Bonchev–Trinajstić information content (AvgIpc) is 2.56. The molecule has 4 heteroatoms. The van der Waals surface area contributed by atoms with Crippen molar-refractivity contribution in [2.45, 2.75) is 37.3 Å². The summed E-state index contributed by atoms with van der Waals surface area (Å²) < 4.78 is 13.9. The predicted molar refractivity (Wildman–Crippen MR) is 60.8 cm³/mol. The molecule has 0 heterocycles. The predicted octanol–water partition coefficient (Wildman–Crippen LogP) is 2.63. The highest BCUT2D eigenvalue weighted by Gasteiger charge is 2.52. The Labute approximate surface area is 98.9 Å². The first-order chi connectivity index (χ1) is 7.86. The molecule has 1 saturated carbocycles. The van der Waals surface area contributed by atoms with Gasteiger partial charge in [0.15, 0.2) is 0 Å². The molecule has 2 N–H and O–H groups in total. The van der Waals surface area contributed by atoms with Crippen molar-refractivity contribution in [3.63, 3.8) is 0 Å². The lowest BCUT2D eigenvalue weighted by molar-refractivity contribution is -0.144. The normalized spacial score (nSPS) is 32.6. The standard InChI is InChI=1S/C13H15FO3/c1-12(14)5-6-13(8-12,11(16)17)9-3-2-4-10(15)7-9/h2-4,7,15H,5-6,8H2,1H3,(H,16,17). The Balaban J connectivity index is 2.47. The Morgan fingerprint density at radius 2 is 2.12 bits per heavy atom. The highest BCUT2D eigenvalue weighted by Crippen LogP contribution is 2.48. The fourth-order valence-electron chi connectivity index (χ4n) is 2.64. The minimum atomic E-state index is -1.45. The van der Waals surface area contributed by atoms with Crippen LogP contribution in [0.25, 0.3) is 0 Å². The summed E-state index contributed by atoms with van der Waals surface area (Å²) >= 11 is 0. The molecule has 2 unspecified atom stereocenters. The second-order valence-corrected chi connectivity index (χ2v) is 5.03. The first-order valence-electron chi connectivity index (χ1n) is 5.58. The van der Waals surface area contributed by atoms with Crippen LogP contribution < -0.4 is 0 Å². The highest BCUT2D eigenvalue weighted by atomic mass is 19.1. The Morgan fingerprint density at radius 3 is 2.59 bits per heavy atom. The van der Waals surface area contributed by atoms with E-state index in [9.17, 15) is 19.4 Å². The summed E-state index contributed by atoms with van der Waals surface area (Å²) in [5.41, 5.74) is -2.18. The summed E-state index contributed by atoms with van der Waals surface area (Å²) in [5.74, 6) is -1.01. The van der Waals surface area contributed by atoms with E-state index in [4.69, 9.17) is 0 Å². The molecule has 0 radical (unpaired) electrons. The lowest BCUT2D eigenvalue weighted by Crippen LogP contribution is -2.34. The van der Waals surface area contributed by atoms with Crippen molar-refractivity contribution in [1.82, 2.24) is 0 Å². The van der Waals surface area contributed by atoms with Gasteiger partial charge in [-0.2, -0.15) is 0 Å². The average molecular weight is 238 g/mol. The Morgan fingerprint density at radius 1 is 1.41 bits per heavy atom. The molecule has 1 aromatic carbocycles. The van der Waals surface area contributed by atoms with Crippen LogP contribution in [-0.2, 0) is 10.2 Å². The molecule has 3 nitrogen and oxygen atoms in total. The molecule has 0 aliphatic heterocycles. The van der Waals surface area contributed by atoms with E-state index in [0.29, 0.717) is 5.56 Å². The van der Waals surface area contributed by atoms with Gasteiger partial charge in [-0.05, 0) is 37.5 Å². The summed E-state index contributed by atoms with van der Waals surface area (Å²) in [4.78, 5) is 11.5. The number of carboxylic acids is 1. The maximum absolute atomic E-state index is 13.9. The number of carbonyl (C=O) groups is 1. The van der Waals surface area contributed by atoms with Gasteiger partial charge in [0.2, 0.25) is 0 Å². The number of carboxylic acid groups (broad SMARTS) is 1. The number of rotatable bonds is 2. The summed E-state index contributed by atoms with van der Waals surface area (Å²) in [5, 5.41) is 18.8. The summed E-state index contributed by atoms with van der Waals surface area (Å²) in [6.45, 7) is 1.43. The first-order valence-corrected chi connectivity index (χ1v) is 5.58. The first kappa shape index (κ1) is 11.9. The number of aliphatic carboxylic acids is 1. The highest BCUT2D eigenvalue weighted by molar-refractivity contribution is 5.82. The van der Waals surface area contributed by atoms with Crippen LogP contribution in [0.1, 0.15) is 31.7 Å². The van der Waals surface area contributed by atoms with Crippen LogP contribution in [0.15, 0.2) is 24.3 Å². The number of hydrogen-bond acceptors (Lipinski definition) is 2. The molecule has 92 valence electrons. The molecule has 0 spiro atoms. The van der Waals surface area contributed by atoms with Crippen molar-refractivity contribution < 1.29 is 19.4 Å². The zero-order valence-electron chi connectivity index (χ0n) is 9.61. The van der Waals surface area contributed by atoms with E-state index in [1.54, 1.807) is 12.1 Å². The number of phenols is 1. The molecule has 2 atom stereocenters. The molecule has 0 bridgehead atoms. The molecule has 1 fully saturated rings. The second-order valence-electron chi connectivity index (χ2n) is 5.03. The van der Waals surface area contributed by atoms with Crippen LogP contribution in [0.4, 0.5) is 4.39 Å².